The number of carbonyl (C=O) groups excluding carboxylic acids is 2. The molecule has 6 aromatic carbocycles. The van der Waals surface area contributed by atoms with E-state index in [1.807, 2.05) is 12.1 Å². The molecule has 0 bridgehead atoms. The maximum Gasteiger partial charge on any atom is 0.349 e. The minimum absolute atomic E-state index is 0. The van der Waals surface area contributed by atoms with Crippen LogP contribution in [0.2, 0.25) is 20.1 Å². The number of hydrogen-bond donors (Lipinski definition) is 4. The van der Waals surface area contributed by atoms with Gasteiger partial charge in [-0.05, 0) is 171 Å². The molecule has 7 N–H and O–H groups in total. The fourth-order valence-corrected chi connectivity index (χ4v) is 9.76. The number of rotatable bonds is 17. The van der Waals surface area contributed by atoms with Crippen LogP contribution >= 0.6 is 46.4 Å². The Morgan fingerprint density at radius 2 is 1.05 bits per heavy atom. The topological polar surface area (TPSA) is 169 Å². The first kappa shape index (κ1) is 57.9. The lowest BCUT2D eigenvalue weighted by Crippen LogP contribution is -2.50. The first-order valence-corrected chi connectivity index (χ1v) is 26.3. The average molecular weight is 1120 g/mol. The summed E-state index contributed by atoms with van der Waals surface area (Å²) in [6.45, 7) is 4.66. The van der Waals surface area contributed by atoms with Gasteiger partial charge in [0.25, 0.3) is 5.91 Å². The van der Waals surface area contributed by atoms with Gasteiger partial charge in [0.2, 0.25) is 0 Å². The van der Waals surface area contributed by atoms with Crippen LogP contribution in [-0.2, 0) is 21.4 Å². The largest absolute Gasteiger partial charge is 0.489 e. The van der Waals surface area contributed by atoms with E-state index in [0.29, 0.717) is 59.4 Å². The molecule has 0 radical (unpaired) electrons. The van der Waals surface area contributed by atoms with Gasteiger partial charge in [-0.25, -0.2) is 0 Å². The zero-order chi connectivity index (χ0) is 52.7. The molecule has 2 aliphatic carbocycles. The monoisotopic (exact) mass is 1120 g/mol. The molecule has 4 atom stereocenters. The molecular weight excluding hydrogens is 1060 g/mol. The van der Waals surface area contributed by atoms with Crippen molar-refractivity contribution in [2.45, 2.75) is 99.7 Å². The number of benzene rings is 6. The number of amides is 1. The van der Waals surface area contributed by atoms with Gasteiger partial charge >= 0.3 is 11.8 Å². The van der Waals surface area contributed by atoms with E-state index in [9.17, 15) is 28.6 Å². The molecule has 19 heteroatoms. The number of fused-ring (bicyclic) bond motifs is 2. The number of nitrogens with two attached hydrogens (primary N) is 1. The Kier molecular flexibility index (Phi) is 19.8. The van der Waals surface area contributed by atoms with E-state index in [1.165, 1.54) is 49.2 Å². The highest BCUT2D eigenvalue weighted by Gasteiger charge is 2.43. The number of nitrogens with one attached hydrogen (secondary N) is 1. The van der Waals surface area contributed by atoms with E-state index in [0.717, 1.165) is 82.2 Å². The Labute approximate surface area is 453 Å². The van der Waals surface area contributed by atoms with Crippen LogP contribution in [-0.4, -0.2) is 101 Å². The highest BCUT2D eigenvalue weighted by molar-refractivity contribution is 6.32. The summed E-state index contributed by atoms with van der Waals surface area (Å²) in [5, 5.41) is 28.6. The maximum atomic E-state index is 15.4. The van der Waals surface area contributed by atoms with Gasteiger partial charge in [0.05, 0.1) is 34.4 Å². The van der Waals surface area contributed by atoms with Crippen LogP contribution in [0.15, 0.2) is 109 Å². The van der Waals surface area contributed by atoms with E-state index in [-0.39, 0.29) is 36.0 Å². The SMILES string of the molecule is N[C@H](CN1CCCC1)[C@H](O)c1ccc(OC2CC2)c(Cl)c1.O.O=C(N[C@H](CN1CCCC1)[C@H](O)c1ccc(OC2CC2)c(Cl)c1)C(F)(F)c1ccc2cc(Cl)ccc2c1.O=CC(F)(F)c1ccc2cc(Cl)ccc2c1. The molecule has 75 heavy (non-hydrogen) atoms. The lowest BCUT2D eigenvalue weighted by Gasteiger charge is -2.30. The molecule has 0 spiro atoms. The Bertz CT molecular complexity index is 2920. The van der Waals surface area contributed by atoms with Gasteiger partial charge in [0, 0.05) is 40.3 Å². The molecule has 2 saturated carbocycles. The van der Waals surface area contributed by atoms with Crippen molar-refractivity contribution >= 4 is 80.1 Å². The number of likely N-dealkylation sites (tertiary alicyclic amines) is 2. The Morgan fingerprint density at radius 3 is 1.52 bits per heavy atom. The van der Waals surface area contributed by atoms with Gasteiger partial charge in [-0.1, -0.05) is 94.9 Å². The number of nitrogens with zero attached hydrogens (tertiary/aromatic N) is 2. The Morgan fingerprint density at radius 1 is 0.627 bits per heavy atom. The van der Waals surface area contributed by atoms with Crippen LogP contribution in [0.3, 0.4) is 0 Å². The smallest absolute Gasteiger partial charge is 0.349 e. The second-order valence-corrected chi connectivity index (χ2v) is 21.1. The molecule has 11 nitrogen and oxygen atoms in total. The number of alkyl halides is 4. The number of aldehydes is 1. The summed E-state index contributed by atoms with van der Waals surface area (Å²) >= 11 is 24.4. The number of ether oxygens (including phenoxy) is 2. The third-order valence-corrected chi connectivity index (χ3v) is 14.5. The molecular formula is C56H60Cl4F4N4O7. The summed E-state index contributed by atoms with van der Waals surface area (Å²) in [6, 6.07) is 27.0. The van der Waals surface area contributed by atoms with Crippen LogP contribution in [0.25, 0.3) is 21.5 Å². The van der Waals surface area contributed by atoms with Crippen LogP contribution < -0.4 is 20.5 Å². The van der Waals surface area contributed by atoms with Gasteiger partial charge in [0.1, 0.15) is 17.6 Å². The van der Waals surface area contributed by atoms with E-state index in [1.54, 1.807) is 60.7 Å². The van der Waals surface area contributed by atoms with Gasteiger partial charge in [-0.3, -0.25) is 9.59 Å². The average Bonchev–Trinajstić information content (AvgIpc) is 4.28. The second kappa shape index (κ2) is 25.6. The highest BCUT2D eigenvalue weighted by atomic mass is 35.5. The van der Waals surface area contributed by atoms with Crippen LogP contribution in [0.5, 0.6) is 11.5 Å². The van der Waals surface area contributed by atoms with Crippen molar-refractivity contribution in [1.82, 2.24) is 15.1 Å². The lowest BCUT2D eigenvalue weighted by atomic mass is 9.99. The normalized spacial score (nSPS) is 17.6. The first-order valence-electron chi connectivity index (χ1n) is 24.8. The van der Waals surface area contributed by atoms with Crippen LogP contribution in [0.4, 0.5) is 17.6 Å². The molecule has 2 saturated heterocycles. The molecule has 402 valence electrons. The van der Waals surface area contributed by atoms with E-state index in [4.69, 9.17) is 61.6 Å². The van der Waals surface area contributed by atoms with Crippen molar-refractivity contribution in [3.05, 3.63) is 152 Å². The summed E-state index contributed by atoms with van der Waals surface area (Å²) in [5.74, 6) is -7.50. The molecule has 4 aliphatic rings. The van der Waals surface area contributed by atoms with Gasteiger partial charge in [-0.2, -0.15) is 17.6 Å². The number of halogens is 8. The first-order chi connectivity index (χ1) is 35.4. The molecule has 10 rings (SSSR count). The third-order valence-electron chi connectivity index (χ3n) is 13.4. The number of hydrogen-bond acceptors (Lipinski definition) is 9. The molecule has 2 heterocycles. The van der Waals surface area contributed by atoms with Crippen LogP contribution in [0.1, 0.15) is 85.8 Å². The number of carbonyl (C=O) groups is 2. The van der Waals surface area contributed by atoms with E-state index < -0.39 is 41.6 Å². The van der Waals surface area contributed by atoms with Crippen molar-refractivity contribution in [3.63, 3.8) is 0 Å². The summed E-state index contributed by atoms with van der Waals surface area (Å²) < 4.78 is 68.4. The summed E-state index contributed by atoms with van der Waals surface area (Å²) in [6.07, 6.45) is 6.73. The molecule has 0 aromatic heterocycles. The van der Waals surface area contributed by atoms with Gasteiger partial charge in [0.15, 0.2) is 6.29 Å². The molecule has 6 aromatic rings. The number of aliphatic hydroxyl groups excluding tert-OH is 2. The third kappa shape index (κ3) is 15.5. The molecule has 0 unspecified atom stereocenters. The van der Waals surface area contributed by atoms with E-state index >= 15 is 8.78 Å². The van der Waals surface area contributed by atoms with Crippen LogP contribution in [0, 0.1) is 0 Å². The van der Waals surface area contributed by atoms with Crippen molar-refractivity contribution < 1.29 is 52.3 Å². The van der Waals surface area contributed by atoms with E-state index in [2.05, 4.69) is 15.1 Å². The fraction of sp³-hybridized carbons (Fsp3) is 0.393. The predicted octanol–water partition coefficient (Wildman–Crippen LogP) is 11.4. The Balaban J connectivity index is 0.000000182. The van der Waals surface area contributed by atoms with Gasteiger partial charge < -0.3 is 46.0 Å². The minimum atomic E-state index is -3.81. The zero-order valence-corrected chi connectivity index (χ0v) is 43.9. The fourth-order valence-electron chi connectivity index (χ4n) is 8.93. The van der Waals surface area contributed by atoms with Crippen molar-refractivity contribution in [2.75, 3.05) is 39.3 Å². The summed E-state index contributed by atoms with van der Waals surface area (Å²) in [7, 11) is 0. The highest BCUT2D eigenvalue weighted by Crippen LogP contribution is 2.37. The quantitative estimate of drug-likeness (QED) is 0.0513. The minimum Gasteiger partial charge on any atom is -0.489 e. The lowest BCUT2D eigenvalue weighted by molar-refractivity contribution is -0.149. The molecule has 4 fully saturated rings. The van der Waals surface area contributed by atoms with Crippen molar-refractivity contribution in [3.8, 4) is 11.5 Å². The van der Waals surface area contributed by atoms with Crippen molar-refractivity contribution in [2.24, 2.45) is 5.73 Å². The summed E-state index contributed by atoms with van der Waals surface area (Å²) in [4.78, 5) is 27.6. The maximum absolute atomic E-state index is 15.4. The standard InChI is InChI=1S/C28H28Cl2F2N2O3.C16H23ClN2O2.C12H7ClF2O.H2O/c29-21-7-4-17-13-20(6-3-18(17)14-21)28(31,32)27(36)33-24(16-34-11-1-2-12-34)26(35)19-5-10-25(23(30)15-19)37-22-8-9-22;17-13-9-11(3-6-15(13)21-12-4-5-12)16(20)14(18)10-19-7-1-2-8-19;13-11-4-2-8-5-10(12(14,15)7-16)3-1-9(8)6-11;/h3-7,10,13-15,22,24,26,35H,1-2,8-9,11-12,16H2,(H,33,36);3,6,9,12,14,16,20H,1-2,4-5,7-8,10,18H2;1-7H;1H2/t24-,26-;14-,16-;;/m11../s1. The Hall–Kier alpha value is -4.78. The molecule has 1 amide bonds. The molecule has 2 aliphatic heterocycles. The van der Waals surface area contributed by atoms with Crippen molar-refractivity contribution in [1.29, 1.82) is 0 Å². The van der Waals surface area contributed by atoms with Gasteiger partial charge in [-0.15, -0.1) is 0 Å². The zero-order valence-electron chi connectivity index (χ0n) is 40.9. The number of aliphatic hydroxyl groups is 2. The predicted molar refractivity (Wildman–Crippen MR) is 287 cm³/mol. The summed E-state index contributed by atoms with van der Waals surface area (Å²) in [5.41, 5.74) is 6.58. The second-order valence-electron chi connectivity index (χ2n) is 19.4.